The standard InChI is InChI=1S/C23H30N6O5/c1-16-19(13-33-22(16)31)28-9-10-34-23(14-28)5-7-27(8-6-23)12-20(30)18-4-3-17(11-21(18)32-2)29-15-24-25-26-29/h3-4,11,15,20,30H,5-10,12-14H2,1-2H3. The first-order valence-electron chi connectivity index (χ1n) is 11.6. The molecule has 182 valence electrons. The van der Waals surface area contributed by atoms with Crippen molar-refractivity contribution in [1.29, 1.82) is 0 Å². The summed E-state index contributed by atoms with van der Waals surface area (Å²) >= 11 is 0. The zero-order valence-corrected chi connectivity index (χ0v) is 19.5. The molecular formula is C23H30N6O5. The minimum Gasteiger partial charge on any atom is -0.496 e. The normalized spacial score (nSPS) is 21.7. The highest BCUT2D eigenvalue weighted by atomic mass is 16.5. The second-order valence-electron chi connectivity index (χ2n) is 9.10. The largest absolute Gasteiger partial charge is 0.496 e. The van der Waals surface area contributed by atoms with Gasteiger partial charge in [-0.1, -0.05) is 6.07 Å². The molecule has 4 heterocycles. The number of tetrazole rings is 1. The fourth-order valence-corrected chi connectivity index (χ4v) is 5.06. The molecule has 0 radical (unpaired) electrons. The van der Waals surface area contributed by atoms with Gasteiger partial charge in [-0.25, -0.2) is 9.48 Å². The number of β-amino-alcohol motifs (C(OH)–C–C–N with tert-alkyl or cyclic N) is 1. The fourth-order valence-electron chi connectivity index (χ4n) is 5.06. The van der Waals surface area contributed by atoms with Crippen LogP contribution in [0.3, 0.4) is 0 Å². The number of esters is 1. The summed E-state index contributed by atoms with van der Waals surface area (Å²) < 4.78 is 18.5. The first-order chi connectivity index (χ1) is 16.5. The predicted octanol–water partition coefficient (Wildman–Crippen LogP) is 0.702. The molecule has 1 spiro atoms. The SMILES string of the molecule is COc1cc(-n2cnnn2)ccc1C(O)CN1CCC2(CC1)CN(C1=C(C)C(=O)OC1)CCO2. The van der Waals surface area contributed by atoms with Gasteiger partial charge < -0.3 is 29.1 Å². The first-order valence-corrected chi connectivity index (χ1v) is 11.6. The van der Waals surface area contributed by atoms with Gasteiger partial charge in [0.1, 0.15) is 18.7 Å². The number of nitrogens with zero attached hydrogens (tertiary/aromatic N) is 6. The Hall–Kier alpha value is -3.02. The number of carbonyl (C=O) groups is 1. The average Bonchev–Trinajstić information content (AvgIpc) is 3.51. The topological polar surface area (TPSA) is 115 Å². The van der Waals surface area contributed by atoms with E-state index in [1.54, 1.807) is 11.8 Å². The second-order valence-corrected chi connectivity index (χ2v) is 9.10. The number of hydrogen-bond acceptors (Lipinski definition) is 10. The first kappa shape index (κ1) is 22.8. The van der Waals surface area contributed by atoms with Crippen molar-refractivity contribution in [1.82, 2.24) is 30.0 Å². The van der Waals surface area contributed by atoms with Crippen LogP contribution in [0.15, 0.2) is 35.8 Å². The van der Waals surface area contributed by atoms with Crippen molar-refractivity contribution in [3.8, 4) is 11.4 Å². The summed E-state index contributed by atoms with van der Waals surface area (Å²) in [4.78, 5) is 16.3. The summed E-state index contributed by atoms with van der Waals surface area (Å²) in [6, 6.07) is 5.54. The van der Waals surface area contributed by atoms with Gasteiger partial charge in [0.25, 0.3) is 0 Å². The van der Waals surface area contributed by atoms with Crippen LogP contribution in [0.5, 0.6) is 5.75 Å². The number of morpholine rings is 1. The zero-order chi connectivity index (χ0) is 23.7. The second kappa shape index (κ2) is 9.32. The molecule has 2 saturated heterocycles. The Bertz CT molecular complexity index is 1060. The van der Waals surface area contributed by atoms with Crippen molar-refractivity contribution in [3.05, 3.63) is 41.4 Å². The number of methoxy groups -OCH3 is 1. The third-order valence-electron chi connectivity index (χ3n) is 7.10. The number of hydrogen-bond donors (Lipinski definition) is 1. The molecule has 1 atom stereocenters. The summed E-state index contributed by atoms with van der Waals surface area (Å²) in [5.41, 5.74) is 2.95. The molecule has 0 aliphatic carbocycles. The van der Waals surface area contributed by atoms with E-state index < -0.39 is 6.10 Å². The van der Waals surface area contributed by atoms with Crippen LogP contribution in [0.2, 0.25) is 0 Å². The molecule has 3 aliphatic heterocycles. The number of ether oxygens (including phenoxy) is 3. The van der Waals surface area contributed by atoms with Crippen molar-refractivity contribution in [3.63, 3.8) is 0 Å². The van der Waals surface area contributed by atoms with Crippen LogP contribution in [0, 0.1) is 0 Å². The third kappa shape index (κ3) is 4.38. The molecule has 1 N–H and O–H groups in total. The Morgan fingerprint density at radius 2 is 2.09 bits per heavy atom. The fraction of sp³-hybridized carbons (Fsp3) is 0.565. The lowest BCUT2D eigenvalue weighted by Crippen LogP contribution is -2.57. The summed E-state index contributed by atoms with van der Waals surface area (Å²) in [5.74, 6) is 0.373. The molecule has 34 heavy (non-hydrogen) atoms. The lowest BCUT2D eigenvalue weighted by molar-refractivity contribution is -0.137. The number of benzene rings is 1. The maximum atomic E-state index is 11.8. The van der Waals surface area contributed by atoms with Crippen molar-refractivity contribution >= 4 is 5.97 Å². The smallest absolute Gasteiger partial charge is 0.335 e. The van der Waals surface area contributed by atoms with Crippen LogP contribution in [-0.4, -0.2) is 99.7 Å². The number of aliphatic hydroxyl groups is 1. The van der Waals surface area contributed by atoms with E-state index >= 15 is 0 Å². The average molecular weight is 471 g/mol. The van der Waals surface area contributed by atoms with Crippen LogP contribution in [0.1, 0.15) is 31.4 Å². The lowest BCUT2D eigenvalue weighted by Gasteiger charge is -2.48. The van der Waals surface area contributed by atoms with Gasteiger partial charge >= 0.3 is 5.97 Å². The molecule has 2 aromatic rings. The number of likely N-dealkylation sites (tertiary alicyclic amines) is 1. The maximum absolute atomic E-state index is 11.8. The van der Waals surface area contributed by atoms with E-state index in [0.29, 0.717) is 31.1 Å². The van der Waals surface area contributed by atoms with Crippen molar-refractivity contribution in [2.24, 2.45) is 0 Å². The maximum Gasteiger partial charge on any atom is 0.335 e. The molecule has 3 aliphatic rings. The van der Waals surface area contributed by atoms with E-state index in [9.17, 15) is 9.90 Å². The summed E-state index contributed by atoms with van der Waals surface area (Å²) in [5, 5.41) is 22.2. The van der Waals surface area contributed by atoms with Gasteiger partial charge in [-0.15, -0.1) is 5.10 Å². The molecule has 0 amide bonds. The number of piperidine rings is 1. The van der Waals surface area contributed by atoms with E-state index in [1.807, 2.05) is 25.1 Å². The van der Waals surface area contributed by atoms with Gasteiger partial charge in [0, 0.05) is 44.4 Å². The highest BCUT2D eigenvalue weighted by Crippen LogP contribution is 2.34. The van der Waals surface area contributed by atoms with Crippen LogP contribution >= 0.6 is 0 Å². The van der Waals surface area contributed by atoms with E-state index in [2.05, 4.69) is 25.3 Å². The molecule has 11 heteroatoms. The number of cyclic esters (lactones) is 1. The van der Waals surface area contributed by atoms with Gasteiger partial charge in [-0.3, -0.25) is 0 Å². The molecule has 2 fully saturated rings. The van der Waals surface area contributed by atoms with Crippen molar-refractivity contribution in [2.75, 3.05) is 53.0 Å². The van der Waals surface area contributed by atoms with Gasteiger partial charge in [0.05, 0.1) is 42.4 Å². The quantitative estimate of drug-likeness (QED) is 0.605. The molecule has 1 aromatic heterocycles. The molecular weight excluding hydrogens is 440 g/mol. The number of aromatic nitrogens is 4. The number of aliphatic hydroxyl groups excluding tert-OH is 1. The zero-order valence-electron chi connectivity index (χ0n) is 19.5. The highest BCUT2D eigenvalue weighted by Gasteiger charge is 2.41. The number of carbonyl (C=O) groups excluding carboxylic acids is 1. The van der Waals surface area contributed by atoms with Crippen LogP contribution in [0.25, 0.3) is 5.69 Å². The third-order valence-corrected chi connectivity index (χ3v) is 7.10. The van der Waals surface area contributed by atoms with E-state index in [1.165, 1.54) is 6.33 Å². The summed E-state index contributed by atoms with van der Waals surface area (Å²) in [7, 11) is 1.59. The molecule has 1 unspecified atom stereocenters. The summed E-state index contributed by atoms with van der Waals surface area (Å²) in [6.45, 7) is 6.51. The molecule has 5 rings (SSSR count). The number of rotatable bonds is 6. The van der Waals surface area contributed by atoms with E-state index in [4.69, 9.17) is 14.2 Å². The van der Waals surface area contributed by atoms with Gasteiger partial charge in [-0.2, -0.15) is 0 Å². The molecule has 0 saturated carbocycles. The van der Waals surface area contributed by atoms with Crippen molar-refractivity contribution in [2.45, 2.75) is 31.5 Å². The minimum atomic E-state index is -0.690. The molecule has 1 aromatic carbocycles. The highest BCUT2D eigenvalue weighted by molar-refractivity contribution is 5.90. The van der Waals surface area contributed by atoms with Crippen LogP contribution in [0.4, 0.5) is 0 Å². The molecule has 0 bridgehead atoms. The van der Waals surface area contributed by atoms with Crippen LogP contribution < -0.4 is 4.74 Å². The lowest BCUT2D eigenvalue weighted by atomic mass is 9.88. The Labute approximate surface area is 197 Å². The Kier molecular flexibility index (Phi) is 6.24. The Morgan fingerprint density at radius 1 is 1.26 bits per heavy atom. The Morgan fingerprint density at radius 3 is 2.76 bits per heavy atom. The molecule has 11 nitrogen and oxygen atoms in total. The predicted molar refractivity (Wildman–Crippen MR) is 120 cm³/mol. The van der Waals surface area contributed by atoms with Gasteiger partial charge in [0.2, 0.25) is 0 Å². The van der Waals surface area contributed by atoms with Gasteiger partial charge in [0.15, 0.2) is 0 Å². The van der Waals surface area contributed by atoms with Gasteiger partial charge in [-0.05, 0) is 36.3 Å². The van der Waals surface area contributed by atoms with E-state index in [-0.39, 0.29) is 11.6 Å². The monoisotopic (exact) mass is 470 g/mol. The van der Waals surface area contributed by atoms with Crippen LogP contribution in [-0.2, 0) is 14.3 Å². The summed E-state index contributed by atoms with van der Waals surface area (Å²) in [6.07, 6.45) is 2.56. The minimum absolute atomic E-state index is 0.222. The van der Waals surface area contributed by atoms with Crippen molar-refractivity contribution < 1.29 is 24.1 Å². The van der Waals surface area contributed by atoms with E-state index in [0.717, 1.165) is 56.0 Å². The Balaban J connectivity index is 1.21.